The van der Waals surface area contributed by atoms with Crippen LogP contribution in [-0.2, 0) is 43.7 Å². The molecule has 24 heteroatoms. The van der Waals surface area contributed by atoms with Crippen LogP contribution in [0.1, 0.15) is 119 Å². The van der Waals surface area contributed by atoms with E-state index >= 15 is 0 Å². The Labute approximate surface area is 451 Å². The Morgan fingerprint density at radius 2 is 1.63 bits per heavy atom. The molecule has 20 nitrogen and oxygen atoms in total. The summed E-state index contributed by atoms with van der Waals surface area (Å²) in [5.74, 6) is 0.719. The number of fused-ring (bicyclic) bond motifs is 2. The summed E-state index contributed by atoms with van der Waals surface area (Å²) < 4.78 is 47.1. The van der Waals surface area contributed by atoms with Crippen molar-refractivity contribution in [3.05, 3.63) is 105 Å². The second kappa shape index (κ2) is 23.4. The van der Waals surface area contributed by atoms with Crippen LogP contribution >= 0.6 is 18.9 Å². The van der Waals surface area contributed by atoms with E-state index in [2.05, 4.69) is 27.8 Å². The highest BCUT2D eigenvalue weighted by Crippen LogP contribution is 2.59. The van der Waals surface area contributed by atoms with Gasteiger partial charge >= 0.3 is 13.3 Å². The molecule has 5 heterocycles. The molecule has 3 aromatic carbocycles. The first-order chi connectivity index (χ1) is 36.9. The SMILES string of the molecule is CC(C)(C)[C@H](NC(=O)c1cc2cc(C(F)(F)P(=O)(O)O)ccc2s1)C(=O)N1CCN(C(=O)CC(=O)NCCCCCC#Cc2ccc3c(c2)C(=O)N(C2CCC(=O)NC2=O)C3=O)C[C@H]1C(=O)N1CCOC(c2ccccc2)C1. The molecule has 412 valence electrons. The highest BCUT2D eigenvalue weighted by Gasteiger charge is 2.51. The van der Waals surface area contributed by atoms with Crippen LogP contribution in [0, 0.1) is 17.3 Å². The maximum Gasteiger partial charge on any atom is 0.399 e. The van der Waals surface area contributed by atoms with Crippen LogP contribution in [0.4, 0.5) is 8.78 Å². The van der Waals surface area contributed by atoms with Crippen LogP contribution in [0.3, 0.4) is 0 Å². The van der Waals surface area contributed by atoms with Gasteiger partial charge in [0.05, 0.1) is 35.7 Å². The van der Waals surface area contributed by atoms with Crippen LogP contribution in [0.25, 0.3) is 10.1 Å². The van der Waals surface area contributed by atoms with Crippen molar-refractivity contribution < 1.29 is 71.0 Å². The van der Waals surface area contributed by atoms with Crippen molar-refractivity contribution >= 4 is 82.2 Å². The Hall–Kier alpha value is -7.22. The maximum atomic E-state index is 14.8. The third-order valence-electron chi connectivity index (χ3n) is 14.0. The number of rotatable bonds is 15. The number of hydrogen-bond donors (Lipinski definition) is 5. The predicted molar refractivity (Wildman–Crippen MR) is 278 cm³/mol. The molecule has 4 aliphatic heterocycles. The van der Waals surface area contributed by atoms with Gasteiger partial charge in [-0.25, -0.2) is 0 Å². The summed E-state index contributed by atoms with van der Waals surface area (Å²) in [4.78, 5) is 144. The number of carbonyl (C=O) groups is 9. The molecule has 4 atom stereocenters. The zero-order valence-electron chi connectivity index (χ0n) is 42.9. The second-order valence-corrected chi connectivity index (χ2v) is 23.2. The number of alkyl halides is 2. The van der Waals surface area contributed by atoms with Gasteiger partial charge in [0.1, 0.15) is 30.7 Å². The van der Waals surface area contributed by atoms with E-state index in [1.54, 1.807) is 31.7 Å². The molecule has 0 spiro atoms. The number of morpholine rings is 1. The molecule has 4 aliphatic rings. The molecule has 3 fully saturated rings. The van der Waals surface area contributed by atoms with Crippen molar-refractivity contribution in [2.24, 2.45) is 5.41 Å². The van der Waals surface area contributed by atoms with Crippen LogP contribution in [0.15, 0.2) is 72.8 Å². The Balaban J connectivity index is 0.870. The topological polar surface area (TPSA) is 269 Å². The van der Waals surface area contributed by atoms with Gasteiger partial charge in [-0.05, 0) is 72.0 Å². The van der Waals surface area contributed by atoms with E-state index in [0.717, 1.165) is 33.9 Å². The zero-order chi connectivity index (χ0) is 56.3. The van der Waals surface area contributed by atoms with Crippen molar-refractivity contribution in [1.82, 2.24) is 35.6 Å². The summed E-state index contributed by atoms with van der Waals surface area (Å²) in [7, 11) is -5.87. The number of halogens is 2. The normalized spacial score (nSPS) is 19.4. The van der Waals surface area contributed by atoms with Gasteiger partial charge in [0.25, 0.3) is 17.7 Å². The molecular weight excluding hydrogens is 1060 g/mol. The standard InChI is InChI=1S/C54H58F2N7O13PS/c1-53(2,3)46(59-48(68)42-28-34-27-35(16-19-41(34)78-42)54(55,56)77(73,74)75)52(72)62-23-22-60(30-39(62)51(71)61-24-25-76-40(31-61)33-13-9-7-10-14-33)45(66)29-44(65)57-21-11-6-4-5-8-12-32-15-17-36-37(26-32)50(70)63(49(36)69)38-18-20-43(64)58-47(38)67/h7,9-10,13-17,19,26-28,38-40,46H,4-6,11,18,20-25,29-31H2,1-3H3,(H,57,65)(H,59,68)(H,58,64,67)(H2,73,74,75)/t38?,39-,40?,46+/m0/s1. The van der Waals surface area contributed by atoms with E-state index in [1.807, 2.05) is 30.3 Å². The first kappa shape index (κ1) is 57.0. The van der Waals surface area contributed by atoms with Crippen molar-refractivity contribution in [3.63, 3.8) is 0 Å². The number of thiophene rings is 1. The smallest absolute Gasteiger partial charge is 0.370 e. The molecule has 3 saturated heterocycles. The van der Waals surface area contributed by atoms with Crippen LogP contribution in [0.5, 0.6) is 0 Å². The number of amides is 9. The summed E-state index contributed by atoms with van der Waals surface area (Å²) in [6.45, 7) is 5.49. The van der Waals surface area contributed by atoms with Gasteiger partial charge in [-0.2, -0.15) is 8.78 Å². The number of carbonyl (C=O) groups excluding carboxylic acids is 9. The molecule has 0 aliphatic carbocycles. The van der Waals surface area contributed by atoms with Gasteiger partial charge in [-0.3, -0.25) is 57.9 Å². The average Bonchev–Trinajstić information content (AvgIpc) is 3.97. The first-order valence-electron chi connectivity index (χ1n) is 25.4. The molecule has 1 aromatic heterocycles. The van der Waals surface area contributed by atoms with Gasteiger partial charge in [0, 0.05) is 54.8 Å². The third kappa shape index (κ3) is 12.5. The minimum absolute atomic E-state index is 0.0129. The Morgan fingerprint density at radius 1 is 0.885 bits per heavy atom. The van der Waals surface area contributed by atoms with Crippen molar-refractivity contribution in [2.45, 2.75) is 95.6 Å². The Kier molecular flexibility index (Phi) is 17.1. The molecule has 9 amide bonds. The number of unbranched alkanes of at least 4 members (excludes halogenated alkanes) is 3. The van der Waals surface area contributed by atoms with Crippen molar-refractivity contribution in [1.29, 1.82) is 0 Å². The van der Waals surface area contributed by atoms with Gasteiger partial charge in [-0.1, -0.05) is 75.4 Å². The molecule has 5 N–H and O–H groups in total. The molecule has 2 unspecified atom stereocenters. The fraction of sp³-hybridized carbons (Fsp3) is 0.426. The summed E-state index contributed by atoms with van der Waals surface area (Å²) in [5, 5.41) is 7.84. The summed E-state index contributed by atoms with van der Waals surface area (Å²) in [6.07, 6.45) is 1.46. The zero-order valence-corrected chi connectivity index (χ0v) is 44.6. The van der Waals surface area contributed by atoms with E-state index in [0.29, 0.717) is 35.9 Å². The Bertz CT molecular complexity index is 3190. The number of hydrogen-bond acceptors (Lipinski definition) is 12. The fourth-order valence-corrected chi connectivity index (χ4v) is 11.1. The van der Waals surface area contributed by atoms with Crippen LogP contribution in [0.2, 0.25) is 0 Å². The molecule has 78 heavy (non-hydrogen) atoms. The highest BCUT2D eigenvalue weighted by molar-refractivity contribution is 7.52. The van der Waals surface area contributed by atoms with E-state index in [-0.39, 0.29) is 80.1 Å². The largest absolute Gasteiger partial charge is 0.399 e. The van der Waals surface area contributed by atoms with Crippen LogP contribution < -0.4 is 16.0 Å². The van der Waals surface area contributed by atoms with Crippen molar-refractivity contribution in [2.75, 3.05) is 45.9 Å². The minimum atomic E-state index is -5.87. The summed E-state index contributed by atoms with van der Waals surface area (Å²) in [6, 6.07) is 14.6. The summed E-state index contributed by atoms with van der Waals surface area (Å²) in [5.41, 5.74) is -4.75. The van der Waals surface area contributed by atoms with Crippen LogP contribution in [-0.4, -0.2) is 147 Å². The third-order valence-corrected chi connectivity index (χ3v) is 16.1. The molecular formula is C54H58F2N7O13PS. The molecule has 8 rings (SSSR count). The predicted octanol–water partition coefficient (Wildman–Crippen LogP) is 4.43. The van der Waals surface area contributed by atoms with E-state index in [1.165, 1.54) is 34.1 Å². The average molecular weight is 1110 g/mol. The minimum Gasteiger partial charge on any atom is -0.370 e. The quantitative estimate of drug-likeness (QED) is 0.0363. The first-order valence-corrected chi connectivity index (χ1v) is 27.8. The van der Waals surface area contributed by atoms with E-state index in [9.17, 15) is 66.3 Å². The van der Waals surface area contributed by atoms with Gasteiger partial charge < -0.3 is 39.9 Å². The number of imide groups is 2. The fourth-order valence-electron chi connectivity index (χ4n) is 9.71. The maximum absolute atomic E-state index is 14.8. The number of nitrogens with zero attached hydrogens (tertiary/aromatic N) is 4. The number of piperidine rings is 1. The number of ether oxygens (including phenoxy) is 1. The number of piperazine rings is 1. The van der Waals surface area contributed by atoms with E-state index < -0.39 is 108 Å². The van der Waals surface area contributed by atoms with Crippen molar-refractivity contribution in [3.8, 4) is 11.8 Å². The monoisotopic (exact) mass is 1110 g/mol. The summed E-state index contributed by atoms with van der Waals surface area (Å²) >= 11 is 0.918. The second-order valence-electron chi connectivity index (χ2n) is 20.5. The van der Waals surface area contributed by atoms with E-state index in [4.69, 9.17) is 4.74 Å². The lowest BCUT2D eigenvalue weighted by Crippen LogP contribution is -2.66. The lowest BCUT2D eigenvalue weighted by Gasteiger charge is -2.45. The Morgan fingerprint density at radius 3 is 2.35 bits per heavy atom. The molecule has 0 radical (unpaired) electrons. The lowest BCUT2D eigenvalue weighted by molar-refractivity contribution is -0.158. The lowest BCUT2D eigenvalue weighted by atomic mass is 9.85. The molecule has 0 bridgehead atoms. The molecule has 0 saturated carbocycles. The van der Waals surface area contributed by atoms with Gasteiger partial charge in [0.2, 0.25) is 35.4 Å². The van der Waals surface area contributed by atoms with Gasteiger partial charge in [-0.15, -0.1) is 11.3 Å². The highest BCUT2D eigenvalue weighted by atomic mass is 32.1. The number of nitrogens with one attached hydrogen (secondary N) is 3. The molecule has 4 aromatic rings. The van der Waals surface area contributed by atoms with Gasteiger partial charge in [0.15, 0.2) is 0 Å². The number of benzene rings is 3.